The van der Waals surface area contributed by atoms with Crippen molar-refractivity contribution in [2.24, 2.45) is 0 Å². The lowest BCUT2D eigenvalue weighted by Crippen LogP contribution is -2.15. The summed E-state index contributed by atoms with van der Waals surface area (Å²) >= 11 is 5.60. The molecular weight excluding hydrogens is 1610 g/mol. The molecule has 0 saturated heterocycles. The van der Waals surface area contributed by atoms with Crippen molar-refractivity contribution in [3.8, 4) is 89.0 Å². The van der Waals surface area contributed by atoms with Crippen LogP contribution in [0.25, 0.3) is 247 Å². The van der Waals surface area contributed by atoms with Gasteiger partial charge in [-0.05, 0) is 242 Å². The highest BCUT2D eigenvalue weighted by Crippen LogP contribution is 2.53. The van der Waals surface area contributed by atoms with E-state index in [0.717, 1.165) is 65.4 Å². The Hall–Kier alpha value is -15.4. The number of fused-ring (bicyclic) bond motifs is 30. The second-order valence-electron chi connectivity index (χ2n) is 34.3. The number of rotatable bonds is 7. The molecule has 0 aliphatic heterocycles. The fourth-order valence-corrected chi connectivity index (χ4v) is 23.8. The maximum Gasteiger partial charge on any atom is 0.0971 e. The lowest BCUT2D eigenvalue weighted by molar-refractivity contribution is 0.661. The first-order valence-corrected chi connectivity index (χ1v) is 46.0. The number of nitrogens with zero attached hydrogens (tertiary/aromatic N) is 6. The molecule has 20 aromatic carbocycles. The van der Waals surface area contributed by atoms with Crippen LogP contribution in [0, 0.1) is 13.8 Å². The Kier molecular flexibility index (Phi) is 17.6. The van der Waals surface area contributed by atoms with E-state index < -0.39 is 0 Å². The third-order valence-corrected chi connectivity index (χ3v) is 30.2. The molecule has 0 amide bonds. The van der Waals surface area contributed by atoms with E-state index in [2.05, 4.69) is 385 Å². The first kappa shape index (κ1) is 75.2. The van der Waals surface area contributed by atoms with Crippen LogP contribution in [0.15, 0.2) is 389 Å². The van der Waals surface area contributed by atoms with Gasteiger partial charge in [0, 0.05) is 135 Å². The van der Waals surface area contributed by atoms with E-state index in [0.29, 0.717) is 0 Å². The zero-order chi connectivity index (χ0) is 85.0. The van der Waals surface area contributed by atoms with Crippen molar-refractivity contribution in [2.45, 2.75) is 33.1 Å². The standard InChI is InChI=1S/C43H28N2S.C40H24N2S.C36H24N2S/c1-43(2)37-23-27(25-13-17-34-35(21-25)29-7-3-4-9-33(29)41-42(34)45-20-19-44-41)11-15-30(37)31-16-12-28(24-38(31)43)26-14-18-40-36(22-26)32-8-5-6-10-39(32)46-40;1-3-11-29(30-12-4-2-10-28(30)26-18-20-38-36(24-26)32-14-7-8-16-37(32)43-38)27(9-1)25-17-19-34-35(23-25)31-13-5-6-15-33(31)39-40(34)42-22-21-41-39;1-21-18-30(24-12-14-34-32(20-24)26-8-5-6-10-33(26)39-34)22(2)17-29(21)23-11-13-28-31(19-23)25-7-3-4-9-27(25)35-36(28)38-16-15-37-35/h3-24H,1-2H3;1-24H;3-20H,1-2H3. The molecular formula is C119H76N6S3. The van der Waals surface area contributed by atoms with Crippen LogP contribution in [-0.2, 0) is 5.41 Å². The van der Waals surface area contributed by atoms with Crippen LogP contribution in [0.2, 0.25) is 0 Å². The SMILES string of the molecule is CC1(C)c2cc(-c3ccc4sc5ccccc5c4c3)ccc2-c2ccc(-c3ccc4c(c3)c3ccccc3c3nccnc43)cc21.Cc1cc(-c2ccc3c(c2)c2ccccc2c2nccnc32)c(C)cc1-c1ccc2sc3ccccc3c2c1.c1ccc(-c2ccccc2-c2ccc3c(c2)c2ccccc2c2nccnc32)c(-c2ccc3sc4ccccc4c3c2)c1. The average molecular weight is 1690 g/mol. The van der Waals surface area contributed by atoms with E-state index in [9.17, 15) is 0 Å². The molecule has 128 heavy (non-hydrogen) atoms. The minimum Gasteiger partial charge on any atom is -0.252 e. The van der Waals surface area contributed by atoms with E-state index in [1.807, 2.05) is 34.0 Å². The van der Waals surface area contributed by atoms with Gasteiger partial charge in [-0.15, -0.1) is 34.0 Å². The van der Waals surface area contributed by atoms with Gasteiger partial charge in [0.1, 0.15) is 0 Å². The van der Waals surface area contributed by atoms with Crippen LogP contribution in [0.1, 0.15) is 36.1 Å². The van der Waals surface area contributed by atoms with Gasteiger partial charge in [-0.2, -0.15) is 0 Å². The Balaban J connectivity index is 0.000000105. The van der Waals surface area contributed by atoms with E-state index in [1.54, 1.807) is 37.2 Å². The monoisotopic (exact) mass is 1680 g/mol. The van der Waals surface area contributed by atoms with E-state index in [4.69, 9.17) is 24.9 Å². The zero-order valence-corrected chi connectivity index (χ0v) is 72.8. The maximum atomic E-state index is 4.75. The van der Waals surface area contributed by atoms with Crippen LogP contribution >= 0.6 is 34.0 Å². The van der Waals surface area contributed by atoms with Gasteiger partial charge < -0.3 is 0 Å². The number of benzene rings is 20. The Morgan fingerprint density at radius 3 is 0.766 bits per heavy atom. The highest BCUT2D eigenvalue weighted by atomic mass is 32.1. The van der Waals surface area contributed by atoms with Crippen LogP contribution < -0.4 is 0 Å². The van der Waals surface area contributed by atoms with Crippen molar-refractivity contribution in [1.29, 1.82) is 0 Å². The quantitative estimate of drug-likeness (QED) is 0.148. The predicted molar refractivity (Wildman–Crippen MR) is 547 cm³/mol. The van der Waals surface area contributed by atoms with Gasteiger partial charge in [-0.1, -0.05) is 281 Å². The lowest BCUT2D eigenvalue weighted by Gasteiger charge is -2.23. The molecule has 0 saturated carbocycles. The smallest absolute Gasteiger partial charge is 0.0971 e. The number of hydrogen-bond donors (Lipinski definition) is 0. The molecule has 0 N–H and O–H groups in total. The van der Waals surface area contributed by atoms with E-state index in [-0.39, 0.29) is 5.41 Å². The summed E-state index contributed by atoms with van der Waals surface area (Å²) in [6.07, 6.45) is 10.7. The van der Waals surface area contributed by atoms with Crippen molar-refractivity contribution in [3.63, 3.8) is 0 Å². The maximum absolute atomic E-state index is 4.75. The summed E-state index contributed by atoms with van der Waals surface area (Å²) in [7, 11) is 0. The van der Waals surface area contributed by atoms with Gasteiger partial charge in [0.05, 0.1) is 33.1 Å². The molecule has 9 heteroatoms. The molecule has 6 heterocycles. The molecule has 6 aromatic heterocycles. The number of aromatic nitrogens is 6. The average Bonchev–Trinajstić information content (AvgIpc) is 1.57. The van der Waals surface area contributed by atoms with Crippen LogP contribution in [-0.4, -0.2) is 29.9 Å². The second-order valence-corrected chi connectivity index (χ2v) is 37.6. The Labute approximate surface area is 749 Å². The summed E-state index contributed by atoms with van der Waals surface area (Å²) in [5, 5.41) is 22.1. The third-order valence-electron chi connectivity index (χ3n) is 26.8. The normalized spacial score (nSPS) is 12.4. The molecule has 1 aliphatic rings. The van der Waals surface area contributed by atoms with Gasteiger partial charge in [-0.3, -0.25) is 29.9 Å². The summed E-state index contributed by atoms with van der Waals surface area (Å²) < 4.78 is 8.02. The highest BCUT2D eigenvalue weighted by Gasteiger charge is 2.36. The molecule has 600 valence electrons. The third kappa shape index (κ3) is 12.2. The molecule has 0 radical (unpaired) electrons. The number of aryl methyl sites for hydroxylation is 2. The molecule has 6 nitrogen and oxygen atoms in total. The van der Waals surface area contributed by atoms with Crippen molar-refractivity contribution in [1.82, 2.24) is 29.9 Å². The Morgan fingerprint density at radius 1 is 0.172 bits per heavy atom. The molecule has 0 unspecified atom stereocenters. The van der Waals surface area contributed by atoms with Crippen molar-refractivity contribution in [3.05, 3.63) is 411 Å². The summed E-state index contributed by atoms with van der Waals surface area (Å²) in [6, 6.07) is 129. The number of thiophene rings is 3. The molecule has 0 atom stereocenters. The summed E-state index contributed by atoms with van der Waals surface area (Å²) in [6.45, 7) is 9.21. The molecule has 26 aromatic rings. The van der Waals surface area contributed by atoms with Gasteiger partial charge in [-0.25, -0.2) is 0 Å². The van der Waals surface area contributed by atoms with Crippen LogP contribution in [0.3, 0.4) is 0 Å². The first-order chi connectivity index (χ1) is 63.0. The minimum absolute atomic E-state index is 0.120. The zero-order valence-electron chi connectivity index (χ0n) is 70.4. The van der Waals surface area contributed by atoms with Crippen molar-refractivity contribution < 1.29 is 0 Å². The second kappa shape index (κ2) is 29.9. The first-order valence-electron chi connectivity index (χ1n) is 43.5. The van der Waals surface area contributed by atoms with Crippen molar-refractivity contribution in [2.75, 3.05) is 0 Å². The van der Waals surface area contributed by atoms with E-state index >= 15 is 0 Å². The summed E-state index contributed by atoms with van der Waals surface area (Å²) in [5.74, 6) is 0. The molecule has 1 aliphatic carbocycles. The van der Waals surface area contributed by atoms with Crippen LogP contribution in [0.5, 0.6) is 0 Å². The van der Waals surface area contributed by atoms with Gasteiger partial charge in [0.25, 0.3) is 0 Å². The Morgan fingerprint density at radius 2 is 0.406 bits per heavy atom. The fourth-order valence-electron chi connectivity index (χ4n) is 20.6. The van der Waals surface area contributed by atoms with Gasteiger partial charge >= 0.3 is 0 Å². The van der Waals surface area contributed by atoms with E-state index in [1.165, 1.54) is 204 Å². The Bertz CT molecular complexity index is 9080. The highest BCUT2D eigenvalue weighted by molar-refractivity contribution is 7.26. The van der Waals surface area contributed by atoms with Gasteiger partial charge in [0.2, 0.25) is 0 Å². The minimum atomic E-state index is -0.120. The fraction of sp³-hybridized carbons (Fsp3) is 0.0420. The molecule has 0 bridgehead atoms. The molecule has 0 fully saturated rings. The lowest BCUT2D eigenvalue weighted by atomic mass is 9.80. The van der Waals surface area contributed by atoms with Gasteiger partial charge in [0.15, 0.2) is 0 Å². The molecule has 27 rings (SSSR count). The summed E-state index contributed by atoms with van der Waals surface area (Å²) in [4.78, 5) is 28.3. The predicted octanol–water partition coefficient (Wildman–Crippen LogP) is 33.5. The van der Waals surface area contributed by atoms with Crippen LogP contribution in [0.4, 0.5) is 0 Å². The molecule has 0 spiro atoms. The topological polar surface area (TPSA) is 77.3 Å². The summed E-state index contributed by atoms with van der Waals surface area (Å²) in [5.41, 5.74) is 31.0. The largest absolute Gasteiger partial charge is 0.252 e. The number of hydrogen-bond acceptors (Lipinski definition) is 9. The van der Waals surface area contributed by atoms with Crippen molar-refractivity contribution >= 4 is 192 Å².